The van der Waals surface area contributed by atoms with Gasteiger partial charge in [-0.25, -0.2) is 4.98 Å². The SMILES string of the molecule is CC(C)(C)c1nc(C(C)(C)C)n2c1oc1cc[c-]c(-c3ccccn3)c12.[Ir].[c-]1ccccc1-c1ccccn1. The Hall–Kier alpha value is -3.60. The summed E-state index contributed by atoms with van der Waals surface area (Å²) in [4.78, 5) is 13.8. The molecule has 0 bridgehead atoms. The minimum Gasteiger partial charge on any atom is -0.457 e. The Morgan fingerprint density at radius 3 is 1.95 bits per heavy atom. The summed E-state index contributed by atoms with van der Waals surface area (Å²) in [6.07, 6.45) is 3.59. The molecule has 0 aliphatic heterocycles. The first-order valence-corrected chi connectivity index (χ1v) is 12.8. The predicted octanol–water partition coefficient (Wildman–Crippen LogP) is 8.08. The molecule has 0 saturated heterocycles. The second kappa shape index (κ2) is 11.3. The van der Waals surface area contributed by atoms with Crippen molar-refractivity contribution in [1.82, 2.24) is 19.4 Å². The van der Waals surface area contributed by atoms with Gasteiger partial charge >= 0.3 is 0 Å². The van der Waals surface area contributed by atoms with E-state index >= 15 is 0 Å². The quantitative estimate of drug-likeness (QED) is 0.172. The van der Waals surface area contributed by atoms with Gasteiger partial charge < -0.3 is 18.8 Å². The summed E-state index contributed by atoms with van der Waals surface area (Å²) < 4.78 is 8.46. The summed E-state index contributed by atoms with van der Waals surface area (Å²) in [5, 5.41) is 0. The molecule has 4 heterocycles. The van der Waals surface area contributed by atoms with Gasteiger partial charge in [0.05, 0.1) is 5.58 Å². The van der Waals surface area contributed by atoms with Crippen molar-refractivity contribution in [3.63, 3.8) is 0 Å². The molecule has 0 atom stereocenters. The second-order valence-electron chi connectivity index (χ2n) is 11.3. The molecule has 4 aromatic heterocycles. The number of fused-ring (bicyclic) bond motifs is 3. The Balaban J connectivity index is 0.000000228. The van der Waals surface area contributed by atoms with Crippen molar-refractivity contribution in [3.8, 4) is 22.5 Å². The van der Waals surface area contributed by atoms with Crippen LogP contribution >= 0.6 is 0 Å². The Labute approximate surface area is 243 Å². The third-order valence-corrected chi connectivity index (χ3v) is 6.15. The van der Waals surface area contributed by atoms with E-state index in [2.05, 4.69) is 68.0 Å². The summed E-state index contributed by atoms with van der Waals surface area (Å²) in [6.45, 7) is 13.0. The number of pyridine rings is 2. The van der Waals surface area contributed by atoms with Crippen molar-refractivity contribution in [2.75, 3.05) is 0 Å². The molecule has 39 heavy (non-hydrogen) atoms. The van der Waals surface area contributed by atoms with Gasteiger partial charge in [0, 0.05) is 48.8 Å². The van der Waals surface area contributed by atoms with E-state index in [0.29, 0.717) is 0 Å². The predicted molar refractivity (Wildman–Crippen MR) is 153 cm³/mol. The summed E-state index contributed by atoms with van der Waals surface area (Å²) in [7, 11) is 0. The minimum atomic E-state index is -0.125. The van der Waals surface area contributed by atoms with Crippen LogP contribution in [0.5, 0.6) is 0 Å². The van der Waals surface area contributed by atoms with E-state index in [1.54, 1.807) is 12.4 Å². The molecule has 0 amide bonds. The van der Waals surface area contributed by atoms with Crippen LogP contribution in [0.25, 0.3) is 39.3 Å². The Kier molecular flexibility index (Phi) is 8.20. The van der Waals surface area contributed by atoms with Crippen molar-refractivity contribution >= 4 is 16.8 Å². The van der Waals surface area contributed by atoms with Crippen molar-refractivity contribution < 1.29 is 24.5 Å². The standard InChI is InChI=1S/C22H24N3O.C11H8N.Ir/c1-21(2,3)18-19-25(20(24-18)22(4,5)6)17-14(10-9-12-16(17)26-19)15-11-7-8-13-23-15;1-2-6-10(7-3-1)11-8-4-5-9-12-11;/h7-9,11-13H,1-6H3;1-6,8-9H;/q2*-1;. The number of imidazole rings is 1. The topological polar surface area (TPSA) is 56.2 Å². The molecule has 0 aliphatic carbocycles. The zero-order valence-electron chi connectivity index (χ0n) is 23.1. The van der Waals surface area contributed by atoms with Gasteiger partial charge in [-0.1, -0.05) is 77.4 Å². The summed E-state index contributed by atoms with van der Waals surface area (Å²) >= 11 is 0. The molecule has 0 fully saturated rings. The number of oxazole rings is 1. The van der Waals surface area contributed by atoms with Crippen molar-refractivity contribution in [1.29, 1.82) is 0 Å². The van der Waals surface area contributed by atoms with E-state index in [9.17, 15) is 0 Å². The summed E-state index contributed by atoms with van der Waals surface area (Å²) in [6, 6.07) is 30.0. The van der Waals surface area contributed by atoms with Gasteiger partial charge in [-0.2, -0.15) is 0 Å². The van der Waals surface area contributed by atoms with Gasteiger partial charge in [0.2, 0.25) is 5.71 Å². The number of benzene rings is 2. The first kappa shape index (κ1) is 28.4. The largest absolute Gasteiger partial charge is 0.457 e. The van der Waals surface area contributed by atoms with Gasteiger partial charge in [-0.05, 0) is 23.5 Å². The molecular weight excluding hydrogens is 661 g/mol. The zero-order chi connectivity index (χ0) is 26.9. The van der Waals surface area contributed by atoms with Crippen LogP contribution in [0.15, 0.2) is 89.6 Å². The fraction of sp³-hybridized carbons (Fsp3) is 0.242. The fourth-order valence-electron chi connectivity index (χ4n) is 4.36. The number of aromatic nitrogens is 4. The maximum atomic E-state index is 6.30. The molecule has 0 saturated carbocycles. The van der Waals surface area contributed by atoms with Crippen LogP contribution in [0, 0.1) is 12.1 Å². The van der Waals surface area contributed by atoms with E-state index in [1.807, 2.05) is 72.8 Å². The molecule has 6 aromatic rings. The maximum Gasteiger partial charge on any atom is 0.217 e. The average Bonchev–Trinajstić information content (AvgIpc) is 3.48. The van der Waals surface area contributed by atoms with Crippen LogP contribution in [0.1, 0.15) is 53.1 Å². The van der Waals surface area contributed by atoms with Crippen LogP contribution in [0.2, 0.25) is 0 Å². The molecule has 2 aromatic carbocycles. The minimum absolute atomic E-state index is 0. The molecule has 5 nitrogen and oxygen atoms in total. The van der Waals surface area contributed by atoms with E-state index < -0.39 is 0 Å². The maximum absolute atomic E-state index is 6.30. The first-order chi connectivity index (χ1) is 18.1. The van der Waals surface area contributed by atoms with Crippen LogP contribution in [0.4, 0.5) is 0 Å². The molecule has 0 unspecified atom stereocenters. The van der Waals surface area contributed by atoms with E-state index in [4.69, 9.17) is 9.40 Å². The van der Waals surface area contributed by atoms with Crippen molar-refractivity contribution in [2.24, 2.45) is 0 Å². The molecule has 6 rings (SSSR count). The smallest absolute Gasteiger partial charge is 0.217 e. The second-order valence-corrected chi connectivity index (χ2v) is 11.3. The summed E-state index contributed by atoms with van der Waals surface area (Å²) in [5.74, 6) is 0.993. The van der Waals surface area contributed by atoms with Crippen LogP contribution in [-0.4, -0.2) is 19.4 Å². The molecule has 1 radical (unpaired) electrons. The molecular formula is C33H32IrN4O-2. The molecule has 0 aliphatic rings. The van der Waals surface area contributed by atoms with Gasteiger partial charge in [-0.3, -0.25) is 0 Å². The van der Waals surface area contributed by atoms with Crippen LogP contribution < -0.4 is 0 Å². The number of hydrogen-bond acceptors (Lipinski definition) is 4. The first-order valence-electron chi connectivity index (χ1n) is 12.8. The normalized spacial score (nSPS) is 11.6. The molecule has 0 N–H and O–H groups in total. The Morgan fingerprint density at radius 2 is 1.38 bits per heavy atom. The van der Waals surface area contributed by atoms with E-state index in [1.165, 1.54) is 0 Å². The number of nitrogens with zero attached hydrogens (tertiary/aromatic N) is 4. The van der Waals surface area contributed by atoms with Crippen LogP contribution in [-0.2, 0) is 30.9 Å². The number of hydrogen-bond donors (Lipinski definition) is 0. The van der Waals surface area contributed by atoms with Crippen LogP contribution in [0.3, 0.4) is 0 Å². The Morgan fingerprint density at radius 1 is 0.718 bits per heavy atom. The average molecular weight is 693 g/mol. The van der Waals surface area contributed by atoms with Gasteiger partial charge in [0.25, 0.3) is 0 Å². The molecule has 6 heteroatoms. The molecule has 201 valence electrons. The van der Waals surface area contributed by atoms with Gasteiger partial charge in [-0.15, -0.1) is 48.0 Å². The van der Waals surface area contributed by atoms with E-state index in [-0.39, 0.29) is 30.9 Å². The Bertz CT molecular complexity index is 1620. The monoisotopic (exact) mass is 693 g/mol. The third-order valence-electron chi connectivity index (χ3n) is 6.15. The zero-order valence-corrected chi connectivity index (χ0v) is 25.5. The number of rotatable bonds is 2. The fourth-order valence-corrected chi connectivity index (χ4v) is 4.36. The molecule has 0 spiro atoms. The third kappa shape index (κ3) is 5.87. The van der Waals surface area contributed by atoms with Crippen molar-refractivity contribution in [3.05, 3.63) is 109 Å². The van der Waals surface area contributed by atoms with Crippen molar-refractivity contribution in [2.45, 2.75) is 52.4 Å². The van der Waals surface area contributed by atoms with E-state index in [0.717, 1.165) is 50.8 Å². The van der Waals surface area contributed by atoms with Gasteiger partial charge in [0.15, 0.2) is 0 Å². The van der Waals surface area contributed by atoms with Gasteiger partial charge in [0.1, 0.15) is 11.5 Å². The summed E-state index contributed by atoms with van der Waals surface area (Å²) in [5.41, 5.74) is 7.19.